The maximum atomic E-state index is 6.60. The smallest absolute Gasteiger partial charge is 0.489 e. The first-order valence-electron chi connectivity index (χ1n) is 20.4. The van der Waals surface area contributed by atoms with Crippen molar-refractivity contribution in [2.45, 2.75) is 86.7 Å². The van der Waals surface area contributed by atoms with Crippen LogP contribution in [0.25, 0.3) is 0 Å². The molecule has 0 aliphatic heterocycles. The van der Waals surface area contributed by atoms with Crippen LogP contribution in [0.1, 0.15) is 69.5 Å². The summed E-state index contributed by atoms with van der Waals surface area (Å²) in [6.45, 7) is 30.0. The number of hydrogen-bond donors (Lipinski definition) is 0. The Kier molecular flexibility index (Phi) is 16.8. The standard InChI is InChI=1S/C49H68O10Si2/c1-31(29-60(50-13,51-14)52-15)27-56-45-37(7)23-43(24-38(45)8)58-47-33(3)19-41(20-34(47)4)49(11,12)42-21-35(5)48(36(6)22-42)59-44-25-39(9)46(40(10)26-44)57-28-32(2)30-61(53-16,54-17)55-18/h19-26H,1-2,27-30H2,3-18H3. The average Bonchev–Trinajstić information content (AvgIpc) is 3.21. The Morgan fingerprint density at radius 1 is 0.426 bits per heavy atom. The first kappa shape index (κ1) is 49.4. The molecule has 0 heterocycles. The molecule has 10 nitrogen and oxygen atoms in total. The summed E-state index contributed by atoms with van der Waals surface area (Å²) in [5.41, 5.74) is 11.9. The molecule has 0 saturated carbocycles. The second-order valence-electron chi connectivity index (χ2n) is 16.5. The molecule has 4 rings (SSSR count). The third kappa shape index (κ3) is 11.6. The third-order valence-electron chi connectivity index (χ3n) is 11.3. The van der Waals surface area contributed by atoms with E-state index in [9.17, 15) is 0 Å². The minimum absolute atomic E-state index is 0.301. The molecule has 0 aromatic heterocycles. The van der Waals surface area contributed by atoms with Crippen LogP contribution >= 0.6 is 0 Å². The molecule has 0 saturated heterocycles. The van der Waals surface area contributed by atoms with E-state index in [0.29, 0.717) is 25.3 Å². The molecule has 0 bridgehead atoms. The van der Waals surface area contributed by atoms with Gasteiger partial charge in [-0.1, -0.05) is 51.3 Å². The Bertz CT molecular complexity index is 1940. The monoisotopic (exact) mass is 872 g/mol. The molecule has 332 valence electrons. The predicted octanol–water partition coefficient (Wildman–Crippen LogP) is 11.7. The molecule has 0 amide bonds. The highest BCUT2D eigenvalue weighted by molar-refractivity contribution is 6.61. The first-order chi connectivity index (χ1) is 28.7. The lowest BCUT2D eigenvalue weighted by atomic mass is 9.76. The molecule has 0 aliphatic carbocycles. The minimum Gasteiger partial charge on any atom is -0.489 e. The summed E-state index contributed by atoms with van der Waals surface area (Å²) >= 11 is 0. The van der Waals surface area contributed by atoms with Crippen molar-refractivity contribution in [3.8, 4) is 34.5 Å². The third-order valence-corrected chi connectivity index (χ3v) is 16.9. The van der Waals surface area contributed by atoms with Gasteiger partial charge < -0.3 is 45.5 Å². The molecule has 4 aromatic carbocycles. The topological polar surface area (TPSA) is 92.3 Å². The summed E-state index contributed by atoms with van der Waals surface area (Å²) in [5, 5.41) is 0. The van der Waals surface area contributed by atoms with Crippen LogP contribution in [0.15, 0.2) is 72.8 Å². The van der Waals surface area contributed by atoms with Crippen LogP contribution in [0.3, 0.4) is 0 Å². The zero-order chi connectivity index (χ0) is 45.4. The summed E-state index contributed by atoms with van der Waals surface area (Å²) in [7, 11) is 3.98. The minimum atomic E-state index is -2.80. The second-order valence-corrected chi connectivity index (χ2v) is 22.4. The zero-order valence-electron chi connectivity index (χ0n) is 39.4. The molecular weight excluding hydrogens is 805 g/mol. The largest absolute Gasteiger partial charge is 0.504 e. The van der Waals surface area contributed by atoms with Crippen molar-refractivity contribution in [1.82, 2.24) is 0 Å². The van der Waals surface area contributed by atoms with Gasteiger partial charge in [0.25, 0.3) is 0 Å². The van der Waals surface area contributed by atoms with E-state index < -0.39 is 17.6 Å². The first-order valence-corrected chi connectivity index (χ1v) is 24.3. The van der Waals surface area contributed by atoms with E-state index in [4.69, 9.17) is 45.5 Å². The molecule has 0 unspecified atom stereocenters. The fourth-order valence-corrected chi connectivity index (χ4v) is 11.0. The van der Waals surface area contributed by atoms with E-state index in [-0.39, 0.29) is 5.41 Å². The fraction of sp³-hybridized carbons (Fsp3) is 0.429. The van der Waals surface area contributed by atoms with Crippen LogP contribution < -0.4 is 18.9 Å². The van der Waals surface area contributed by atoms with Crippen molar-refractivity contribution in [3.63, 3.8) is 0 Å². The van der Waals surface area contributed by atoms with E-state index in [1.807, 2.05) is 52.0 Å². The van der Waals surface area contributed by atoms with E-state index in [2.05, 4.69) is 79.0 Å². The van der Waals surface area contributed by atoms with E-state index in [0.717, 1.165) is 90.2 Å². The van der Waals surface area contributed by atoms with Crippen LogP contribution in [0.4, 0.5) is 0 Å². The molecule has 0 aliphatic rings. The second kappa shape index (κ2) is 20.7. The van der Waals surface area contributed by atoms with Gasteiger partial charge in [-0.05, 0) is 146 Å². The Morgan fingerprint density at radius 2 is 0.672 bits per heavy atom. The average molecular weight is 873 g/mol. The van der Waals surface area contributed by atoms with E-state index >= 15 is 0 Å². The Labute approximate surface area is 367 Å². The van der Waals surface area contributed by atoms with Crippen LogP contribution in [0.5, 0.6) is 34.5 Å². The summed E-state index contributed by atoms with van der Waals surface area (Å²) in [6.07, 6.45) is 0. The van der Waals surface area contributed by atoms with Crippen LogP contribution in [-0.2, 0) is 32.0 Å². The van der Waals surface area contributed by atoms with Gasteiger partial charge in [0, 0.05) is 60.2 Å². The molecule has 0 atom stereocenters. The maximum absolute atomic E-state index is 6.60. The van der Waals surface area contributed by atoms with Gasteiger partial charge >= 0.3 is 17.6 Å². The van der Waals surface area contributed by atoms with Crippen molar-refractivity contribution in [3.05, 3.63) is 128 Å². The van der Waals surface area contributed by atoms with Gasteiger partial charge in [-0.3, -0.25) is 0 Å². The molecule has 61 heavy (non-hydrogen) atoms. The van der Waals surface area contributed by atoms with Crippen molar-refractivity contribution in [1.29, 1.82) is 0 Å². The molecule has 0 spiro atoms. The SMILES string of the molecule is C=C(COc1c(C)cc(Oc2c(C)cc(C(C)(C)c3cc(C)c(Oc4cc(C)c(OCC(=C)C[Si](OC)(OC)OC)c(C)c4)c(C)c3)cc2C)cc1C)C[Si](OC)(OC)OC. The summed E-state index contributed by atoms with van der Waals surface area (Å²) in [4.78, 5) is 0. The van der Waals surface area contributed by atoms with Crippen molar-refractivity contribution >= 4 is 17.6 Å². The Morgan fingerprint density at radius 3 is 0.918 bits per heavy atom. The molecule has 0 N–H and O–H groups in total. The van der Waals surface area contributed by atoms with Crippen molar-refractivity contribution < 1.29 is 45.5 Å². The highest BCUT2D eigenvalue weighted by Gasteiger charge is 2.39. The quantitative estimate of drug-likeness (QED) is 0.0561. The van der Waals surface area contributed by atoms with Crippen LogP contribution in [-0.4, -0.2) is 73.5 Å². The van der Waals surface area contributed by atoms with Gasteiger partial charge in [-0.2, -0.15) is 0 Å². The summed E-state index contributed by atoms with van der Waals surface area (Å²) in [6, 6.07) is 17.9. The number of benzene rings is 4. The molecule has 0 fully saturated rings. The van der Waals surface area contributed by atoms with Gasteiger partial charge in [-0.25, -0.2) is 0 Å². The predicted molar refractivity (Wildman–Crippen MR) is 248 cm³/mol. The van der Waals surface area contributed by atoms with Gasteiger partial charge in [0.2, 0.25) is 0 Å². The molecule has 0 radical (unpaired) electrons. The molecular formula is C49H68O10Si2. The van der Waals surface area contributed by atoms with Gasteiger partial charge in [0.15, 0.2) is 0 Å². The molecule has 4 aromatic rings. The number of rotatable bonds is 22. The van der Waals surface area contributed by atoms with Gasteiger partial charge in [0.05, 0.1) is 0 Å². The van der Waals surface area contributed by atoms with Gasteiger partial charge in [-0.15, -0.1) is 0 Å². The number of aryl methyl sites for hydroxylation is 8. The fourth-order valence-electron chi connectivity index (χ4n) is 7.74. The lowest BCUT2D eigenvalue weighted by molar-refractivity contribution is 0.125. The van der Waals surface area contributed by atoms with E-state index in [1.165, 1.54) is 11.1 Å². The molecule has 12 heteroatoms. The van der Waals surface area contributed by atoms with Gasteiger partial charge in [0.1, 0.15) is 47.7 Å². The summed E-state index contributed by atoms with van der Waals surface area (Å²) < 4.78 is 59.0. The number of hydrogen-bond acceptors (Lipinski definition) is 10. The van der Waals surface area contributed by atoms with Crippen molar-refractivity contribution in [2.24, 2.45) is 0 Å². The maximum Gasteiger partial charge on any atom is 0.504 e. The van der Waals surface area contributed by atoms with Crippen LogP contribution in [0, 0.1) is 55.4 Å². The highest BCUT2D eigenvalue weighted by atomic mass is 28.4. The zero-order valence-corrected chi connectivity index (χ0v) is 41.4. The number of ether oxygens (including phenoxy) is 4. The summed E-state index contributed by atoms with van der Waals surface area (Å²) in [5.74, 6) is 4.80. The lowest BCUT2D eigenvalue weighted by Gasteiger charge is -2.29. The van der Waals surface area contributed by atoms with Crippen molar-refractivity contribution in [2.75, 3.05) is 55.9 Å². The Hall–Kier alpha value is -4.25. The Balaban J connectivity index is 1.48. The van der Waals surface area contributed by atoms with Crippen LogP contribution in [0.2, 0.25) is 12.1 Å². The van der Waals surface area contributed by atoms with E-state index in [1.54, 1.807) is 42.7 Å². The normalized spacial score (nSPS) is 12.1. The highest BCUT2D eigenvalue weighted by Crippen LogP contribution is 2.42. The lowest BCUT2D eigenvalue weighted by Crippen LogP contribution is -2.43.